The SMILES string of the molecule is NC1CCC(NC(=O)Cc2cccc(I)c2)CC1. The number of nitrogens with two attached hydrogens (primary N) is 1. The van der Waals surface area contributed by atoms with Crippen LogP contribution in [0.15, 0.2) is 24.3 Å². The van der Waals surface area contributed by atoms with Crippen LogP contribution >= 0.6 is 22.6 Å². The van der Waals surface area contributed by atoms with Gasteiger partial charge >= 0.3 is 0 Å². The van der Waals surface area contributed by atoms with Crippen molar-refractivity contribution >= 4 is 28.5 Å². The lowest BCUT2D eigenvalue weighted by atomic mass is 9.91. The summed E-state index contributed by atoms with van der Waals surface area (Å²) >= 11 is 2.26. The molecule has 0 aromatic heterocycles. The molecular formula is C14H19IN2O. The summed E-state index contributed by atoms with van der Waals surface area (Å²) in [5, 5.41) is 3.11. The highest BCUT2D eigenvalue weighted by Crippen LogP contribution is 2.17. The van der Waals surface area contributed by atoms with Crippen molar-refractivity contribution in [3.8, 4) is 0 Å². The molecule has 1 aromatic carbocycles. The highest BCUT2D eigenvalue weighted by Gasteiger charge is 2.19. The minimum atomic E-state index is 0.123. The maximum absolute atomic E-state index is 11.9. The third-order valence-corrected chi connectivity index (χ3v) is 4.06. The van der Waals surface area contributed by atoms with E-state index in [2.05, 4.69) is 34.0 Å². The number of amides is 1. The minimum Gasteiger partial charge on any atom is -0.353 e. The van der Waals surface area contributed by atoms with Gasteiger partial charge in [0.25, 0.3) is 0 Å². The quantitative estimate of drug-likeness (QED) is 0.815. The fraction of sp³-hybridized carbons (Fsp3) is 0.500. The lowest BCUT2D eigenvalue weighted by Gasteiger charge is -2.26. The molecule has 0 radical (unpaired) electrons. The maximum Gasteiger partial charge on any atom is 0.224 e. The summed E-state index contributed by atoms with van der Waals surface area (Å²) in [4.78, 5) is 11.9. The third-order valence-electron chi connectivity index (χ3n) is 3.39. The van der Waals surface area contributed by atoms with Crippen LogP contribution in [0, 0.1) is 3.57 Å². The summed E-state index contributed by atoms with van der Waals surface area (Å²) in [6.07, 6.45) is 4.54. The van der Waals surface area contributed by atoms with Crippen molar-refractivity contribution in [2.45, 2.75) is 44.2 Å². The highest BCUT2D eigenvalue weighted by molar-refractivity contribution is 14.1. The third kappa shape index (κ3) is 4.24. The van der Waals surface area contributed by atoms with E-state index in [0.29, 0.717) is 18.5 Å². The van der Waals surface area contributed by atoms with Crippen LogP contribution in [0.2, 0.25) is 0 Å². The maximum atomic E-state index is 11.9. The van der Waals surface area contributed by atoms with Crippen molar-refractivity contribution in [1.82, 2.24) is 5.32 Å². The van der Waals surface area contributed by atoms with Gasteiger partial charge in [-0.25, -0.2) is 0 Å². The number of hydrogen-bond donors (Lipinski definition) is 2. The van der Waals surface area contributed by atoms with Gasteiger partial charge in [0.1, 0.15) is 0 Å². The first-order valence-electron chi connectivity index (χ1n) is 6.43. The number of carbonyl (C=O) groups excluding carboxylic acids is 1. The molecule has 0 atom stereocenters. The molecule has 0 heterocycles. The first-order chi connectivity index (χ1) is 8.63. The van der Waals surface area contributed by atoms with E-state index in [1.807, 2.05) is 18.2 Å². The monoisotopic (exact) mass is 358 g/mol. The molecule has 1 aliphatic rings. The van der Waals surface area contributed by atoms with Gasteiger partial charge in [-0.15, -0.1) is 0 Å². The Bertz CT molecular complexity index is 414. The van der Waals surface area contributed by atoms with Crippen molar-refractivity contribution < 1.29 is 4.79 Å². The van der Waals surface area contributed by atoms with Gasteiger partial charge in [-0.1, -0.05) is 12.1 Å². The average molecular weight is 358 g/mol. The molecule has 98 valence electrons. The molecule has 2 rings (SSSR count). The van der Waals surface area contributed by atoms with Gasteiger partial charge in [-0.2, -0.15) is 0 Å². The van der Waals surface area contributed by atoms with Crippen LogP contribution < -0.4 is 11.1 Å². The molecule has 1 fully saturated rings. The Morgan fingerprint density at radius 3 is 2.72 bits per heavy atom. The molecule has 1 amide bonds. The Labute approximate surface area is 122 Å². The number of halogens is 1. The lowest BCUT2D eigenvalue weighted by Crippen LogP contribution is -2.41. The summed E-state index contributed by atoms with van der Waals surface area (Å²) in [5.74, 6) is 0.123. The van der Waals surface area contributed by atoms with E-state index in [9.17, 15) is 4.79 Å². The Morgan fingerprint density at radius 1 is 1.33 bits per heavy atom. The van der Waals surface area contributed by atoms with Gasteiger partial charge in [0.05, 0.1) is 6.42 Å². The zero-order valence-corrected chi connectivity index (χ0v) is 12.5. The second-order valence-corrected chi connectivity index (χ2v) is 6.23. The molecule has 3 nitrogen and oxygen atoms in total. The van der Waals surface area contributed by atoms with Crippen LogP contribution in [-0.2, 0) is 11.2 Å². The number of hydrogen-bond acceptors (Lipinski definition) is 2. The molecule has 0 saturated heterocycles. The van der Waals surface area contributed by atoms with E-state index in [-0.39, 0.29) is 5.91 Å². The molecule has 1 saturated carbocycles. The predicted octanol–water partition coefficient (Wildman–Crippen LogP) is 2.22. The van der Waals surface area contributed by atoms with Crippen molar-refractivity contribution in [3.63, 3.8) is 0 Å². The molecule has 0 bridgehead atoms. The van der Waals surface area contributed by atoms with E-state index < -0.39 is 0 Å². The van der Waals surface area contributed by atoms with E-state index in [4.69, 9.17) is 5.73 Å². The molecule has 0 aliphatic heterocycles. The molecule has 0 spiro atoms. The Kier molecular flexibility index (Phi) is 5.00. The van der Waals surface area contributed by atoms with Gasteiger partial charge in [0.2, 0.25) is 5.91 Å². The second kappa shape index (κ2) is 6.52. The first kappa shape index (κ1) is 13.8. The van der Waals surface area contributed by atoms with Crippen LogP contribution in [-0.4, -0.2) is 18.0 Å². The molecule has 1 aliphatic carbocycles. The Hall–Kier alpha value is -0.620. The summed E-state index contributed by atoms with van der Waals surface area (Å²) in [7, 11) is 0. The number of nitrogens with one attached hydrogen (secondary N) is 1. The molecule has 4 heteroatoms. The summed E-state index contributed by atoms with van der Waals surface area (Å²) in [6.45, 7) is 0. The fourth-order valence-electron chi connectivity index (χ4n) is 2.37. The Morgan fingerprint density at radius 2 is 2.06 bits per heavy atom. The molecule has 1 aromatic rings. The zero-order chi connectivity index (χ0) is 13.0. The van der Waals surface area contributed by atoms with Gasteiger partial charge in [-0.05, 0) is 66.0 Å². The summed E-state index contributed by atoms with van der Waals surface area (Å²) in [5.41, 5.74) is 6.93. The smallest absolute Gasteiger partial charge is 0.224 e. The van der Waals surface area contributed by atoms with E-state index >= 15 is 0 Å². The van der Waals surface area contributed by atoms with Crippen molar-refractivity contribution in [1.29, 1.82) is 0 Å². The van der Waals surface area contributed by atoms with Gasteiger partial charge in [0, 0.05) is 15.7 Å². The van der Waals surface area contributed by atoms with Gasteiger partial charge in [0.15, 0.2) is 0 Å². The number of benzene rings is 1. The normalized spacial score (nSPS) is 23.7. The molecular weight excluding hydrogens is 339 g/mol. The molecule has 3 N–H and O–H groups in total. The van der Waals surface area contributed by atoms with Crippen molar-refractivity contribution in [2.24, 2.45) is 5.73 Å². The van der Waals surface area contributed by atoms with Crippen molar-refractivity contribution in [2.75, 3.05) is 0 Å². The standard InChI is InChI=1S/C14H19IN2O/c15-11-3-1-2-10(8-11)9-14(18)17-13-6-4-12(16)5-7-13/h1-3,8,12-13H,4-7,9,16H2,(H,17,18). The van der Waals surface area contributed by atoms with Crippen LogP contribution in [0.4, 0.5) is 0 Å². The number of carbonyl (C=O) groups is 1. The number of rotatable bonds is 3. The van der Waals surface area contributed by atoms with Crippen molar-refractivity contribution in [3.05, 3.63) is 33.4 Å². The van der Waals surface area contributed by atoms with Gasteiger partial charge in [-0.3, -0.25) is 4.79 Å². The summed E-state index contributed by atoms with van der Waals surface area (Å²) < 4.78 is 1.17. The van der Waals surface area contributed by atoms with Crippen LogP contribution in [0.5, 0.6) is 0 Å². The average Bonchev–Trinajstić information content (AvgIpc) is 2.32. The zero-order valence-electron chi connectivity index (χ0n) is 10.4. The largest absolute Gasteiger partial charge is 0.353 e. The predicted molar refractivity (Wildman–Crippen MR) is 81.2 cm³/mol. The summed E-state index contributed by atoms with van der Waals surface area (Å²) in [6, 6.07) is 8.72. The van der Waals surface area contributed by atoms with Crippen LogP contribution in [0.1, 0.15) is 31.2 Å². The topological polar surface area (TPSA) is 55.1 Å². The van der Waals surface area contributed by atoms with Crippen LogP contribution in [0.3, 0.4) is 0 Å². The fourth-order valence-corrected chi connectivity index (χ4v) is 2.98. The van der Waals surface area contributed by atoms with E-state index in [1.165, 1.54) is 3.57 Å². The molecule has 0 unspecified atom stereocenters. The minimum absolute atomic E-state index is 0.123. The lowest BCUT2D eigenvalue weighted by molar-refractivity contribution is -0.121. The van der Waals surface area contributed by atoms with E-state index in [0.717, 1.165) is 31.2 Å². The van der Waals surface area contributed by atoms with E-state index in [1.54, 1.807) is 0 Å². The second-order valence-electron chi connectivity index (χ2n) is 4.99. The van der Waals surface area contributed by atoms with Crippen LogP contribution in [0.25, 0.3) is 0 Å². The highest BCUT2D eigenvalue weighted by atomic mass is 127. The van der Waals surface area contributed by atoms with Gasteiger partial charge < -0.3 is 11.1 Å². The molecule has 18 heavy (non-hydrogen) atoms. The first-order valence-corrected chi connectivity index (χ1v) is 7.51. The Balaban J connectivity index is 1.82.